The lowest BCUT2D eigenvalue weighted by Gasteiger charge is -2.15. The molecule has 1 aromatic heterocycles. The molecule has 2 heterocycles. The third-order valence-electron chi connectivity index (χ3n) is 2.60. The van der Waals surface area contributed by atoms with Crippen molar-refractivity contribution >= 4 is 45.2 Å². The lowest BCUT2D eigenvalue weighted by atomic mass is 10.1. The van der Waals surface area contributed by atoms with Gasteiger partial charge in [0.05, 0.1) is 15.4 Å². The van der Waals surface area contributed by atoms with Gasteiger partial charge in [-0.05, 0) is 15.9 Å². The molecule has 1 atom stereocenters. The van der Waals surface area contributed by atoms with Crippen molar-refractivity contribution in [3.8, 4) is 0 Å². The lowest BCUT2D eigenvalue weighted by Crippen LogP contribution is -2.28. The fourth-order valence-electron chi connectivity index (χ4n) is 1.67. The molecular weight excluding hydrogens is 309 g/mol. The summed E-state index contributed by atoms with van der Waals surface area (Å²) in [6.07, 6.45) is 1.65. The maximum Gasteiger partial charge on any atom is 0.229 e. The summed E-state index contributed by atoms with van der Waals surface area (Å²) in [6, 6.07) is 1.58. The van der Waals surface area contributed by atoms with Crippen molar-refractivity contribution in [1.82, 2.24) is 4.98 Å². The third kappa shape index (κ3) is 2.42. The largest absolute Gasteiger partial charge is 0.369 e. The Labute approximate surface area is 111 Å². The molecule has 2 rings (SSSR count). The van der Waals surface area contributed by atoms with Gasteiger partial charge in [-0.1, -0.05) is 11.6 Å². The van der Waals surface area contributed by atoms with Crippen LogP contribution in [0.3, 0.4) is 0 Å². The summed E-state index contributed by atoms with van der Waals surface area (Å²) in [5.41, 5.74) is 5.18. The number of primary amides is 1. The molecule has 1 aliphatic rings. The summed E-state index contributed by atoms with van der Waals surface area (Å²) >= 11 is 9.14. The van der Waals surface area contributed by atoms with Crippen LogP contribution in [0.1, 0.15) is 6.42 Å². The van der Waals surface area contributed by atoms with Crippen molar-refractivity contribution in [3.05, 3.63) is 21.8 Å². The van der Waals surface area contributed by atoms with Crippen LogP contribution < -0.4 is 10.6 Å². The molecular formula is C10H9BrClN3O2. The minimum absolute atomic E-state index is 0.130. The van der Waals surface area contributed by atoms with E-state index in [-0.39, 0.29) is 18.9 Å². The maximum atomic E-state index is 11.7. The molecule has 1 saturated heterocycles. The van der Waals surface area contributed by atoms with Gasteiger partial charge in [-0.25, -0.2) is 4.98 Å². The summed E-state index contributed by atoms with van der Waals surface area (Å²) in [6.45, 7) is 0.263. The van der Waals surface area contributed by atoms with Gasteiger partial charge in [-0.2, -0.15) is 0 Å². The highest BCUT2D eigenvalue weighted by atomic mass is 79.9. The Morgan fingerprint density at radius 3 is 2.88 bits per heavy atom. The van der Waals surface area contributed by atoms with Gasteiger partial charge in [-0.15, -0.1) is 0 Å². The number of rotatable bonds is 2. The molecule has 1 unspecified atom stereocenters. The van der Waals surface area contributed by atoms with Crippen LogP contribution in [0, 0.1) is 5.92 Å². The lowest BCUT2D eigenvalue weighted by molar-refractivity contribution is -0.123. The first kappa shape index (κ1) is 12.3. The molecule has 1 fully saturated rings. The van der Waals surface area contributed by atoms with Crippen LogP contribution in [0.5, 0.6) is 0 Å². The maximum absolute atomic E-state index is 11.7. The van der Waals surface area contributed by atoms with Crippen molar-refractivity contribution in [2.24, 2.45) is 11.7 Å². The monoisotopic (exact) mass is 317 g/mol. The first-order chi connectivity index (χ1) is 7.99. The summed E-state index contributed by atoms with van der Waals surface area (Å²) < 4.78 is 0.654. The molecule has 2 amide bonds. The Bertz CT molecular complexity index is 494. The van der Waals surface area contributed by atoms with Gasteiger partial charge in [0.2, 0.25) is 11.8 Å². The molecule has 7 heteroatoms. The number of hydrogen-bond acceptors (Lipinski definition) is 3. The smallest absolute Gasteiger partial charge is 0.229 e. The van der Waals surface area contributed by atoms with E-state index in [4.69, 9.17) is 17.3 Å². The summed E-state index contributed by atoms with van der Waals surface area (Å²) in [5.74, 6) is -0.651. The van der Waals surface area contributed by atoms with Crippen LogP contribution >= 0.6 is 27.5 Å². The van der Waals surface area contributed by atoms with Crippen molar-refractivity contribution in [3.63, 3.8) is 0 Å². The fraction of sp³-hybridized carbons (Fsp3) is 0.300. The average Bonchev–Trinajstić information content (AvgIpc) is 2.65. The molecule has 0 aromatic carbocycles. The number of aromatic nitrogens is 1. The van der Waals surface area contributed by atoms with E-state index in [0.717, 1.165) is 0 Å². The zero-order valence-corrected chi connectivity index (χ0v) is 11.0. The summed E-state index contributed by atoms with van der Waals surface area (Å²) in [7, 11) is 0. The predicted octanol–water partition coefficient (Wildman–Crippen LogP) is 1.34. The van der Waals surface area contributed by atoms with E-state index in [2.05, 4.69) is 20.9 Å². The van der Waals surface area contributed by atoms with Crippen LogP contribution in [-0.4, -0.2) is 23.3 Å². The summed E-state index contributed by atoms with van der Waals surface area (Å²) in [4.78, 5) is 28.3. The molecule has 0 saturated carbocycles. The highest BCUT2D eigenvalue weighted by Gasteiger charge is 2.34. The van der Waals surface area contributed by atoms with Crippen LogP contribution in [0.15, 0.2) is 16.7 Å². The molecule has 1 aliphatic heterocycles. The van der Waals surface area contributed by atoms with E-state index in [9.17, 15) is 9.59 Å². The Morgan fingerprint density at radius 2 is 2.35 bits per heavy atom. The highest BCUT2D eigenvalue weighted by molar-refractivity contribution is 9.10. The number of carbonyl (C=O) groups is 2. The van der Waals surface area contributed by atoms with Gasteiger partial charge in [0, 0.05) is 25.2 Å². The van der Waals surface area contributed by atoms with Gasteiger partial charge in [0.1, 0.15) is 5.82 Å². The van der Waals surface area contributed by atoms with E-state index in [1.54, 1.807) is 6.07 Å². The average molecular weight is 319 g/mol. The number of carbonyl (C=O) groups excluding carboxylic acids is 2. The van der Waals surface area contributed by atoms with Gasteiger partial charge < -0.3 is 5.73 Å². The molecule has 2 N–H and O–H groups in total. The SMILES string of the molecule is NC(=O)C1CC(=O)N(c2cc(Cl)c(Br)cn2)C1. The second-order valence-corrected chi connectivity index (χ2v) is 5.03. The van der Waals surface area contributed by atoms with Crippen molar-refractivity contribution in [1.29, 1.82) is 0 Å². The minimum atomic E-state index is -0.468. The molecule has 90 valence electrons. The quantitative estimate of drug-likeness (QED) is 0.894. The molecule has 1 aromatic rings. The number of nitrogens with two attached hydrogens (primary N) is 1. The van der Waals surface area contributed by atoms with Crippen LogP contribution in [0.25, 0.3) is 0 Å². The Kier molecular flexibility index (Phi) is 3.35. The Balaban J connectivity index is 2.26. The zero-order valence-electron chi connectivity index (χ0n) is 8.69. The number of anilines is 1. The van der Waals surface area contributed by atoms with E-state index >= 15 is 0 Å². The normalized spacial score (nSPS) is 19.8. The van der Waals surface area contributed by atoms with E-state index in [1.165, 1.54) is 11.1 Å². The zero-order chi connectivity index (χ0) is 12.6. The number of halogens is 2. The standard InChI is InChI=1S/C10H9BrClN3O2/c11-6-3-14-8(2-7(6)12)15-4-5(10(13)17)1-9(15)16/h2-3,5H,1,4H2,(H2,13,17). The fourth-order valence-corrected chi connectivity index (χ4v) is 2.03. The Hall–Kier alpha value is -1.14. The van der Waals surface area contributed by atoms with Crippen molar-refractivity contribution < 1.29 is 9.59 Å². The first-order valence-corrected chi connectivity index (χ1v) is 6.07. The number of pyridine rings is 1. The molecule has 17 heavy (non-hydrogen) atoms. The predicted molar refractivity (Wildman–Crippen MR) is 66.6 cm³/mol. The van der Waals surface area contributed by atoms with E-state index in [0.29, 0.717) is 15.3 Å². The van der Waals surface area contributed by atoms with Crippen LogP contribution in [-0.2, 0) is 9.59 Å². The molecule has 5 nitrogen and oxygen atoms in total. The van der Waals surface area contributed by atoms with Crippen LogP contribution in [0.2, 0.25) is 5.02 Å². The number of hydrogen-bond donors (Lipinski definition) is 1. The van der Waals surface area contributed by atoms with Gasteiger partial charge in [-0.3, -0.25) is 14.5 Å². The van der Waals surface area contributed by atoms with Gasteiger partial charge in [0.25, 0.3) is 0 Å². The van der Waals surface area contributed by atoms with Crippen molar-refractivity contribution in [2.45, 2.75) is 6.42 Å². The summed E-state index contributed by atoms with van der Waals surface area (Å²) in [5, 5.41) is 0.463. The molecule has 0 radical (unpaired) electrons. The van der Waals surface area contributed by atoms with Crippen LogP contribution in [0.4, 0.5) is 5.82 Å². The minimum Gasteiger partial charge on any atom is -0.369 e. The second kappa shape index (κ2) is 4.62. The topological polar surface area (TPSA) is 76.3 Å². The number of nitrogens with zero attached hydrogens (tertiary/aromatic N) is 2. The highest BCUT2D eigenvalue weighted by Crippen LogP contribution is 2.28. The molecule has 0 bridgehead atoms. The number of amides is 2. The van der Waals surface area contributed by atoms with E-state index < -0.39 is 11.8 Å². The first-order valence-electron chi connectivity index (χ1n) is 4.89. The third-order valence-corrected chi connectivity index (χ3v) is 3.77. The second-order valence-electron chi connectivity index (χ2n) is 3.76. The van der Waals surface area contributed by atoms with Gasteiger partial charge in [0.15, 0.2) is 0 Å². The Morgan fingerprint density at radius 1 is 1.65 bits per heavy atom. The van der Waals surface area contributed by atoms with Crippen molar-refractivity contribution in [2.75, 3.05) is 11.4 Å². The van der Waals surface area contributed by atoms with E-state index in [1.807, 2.05) is 0 Å². The molecule has 0 aliphatic carbocycles. The molecule has 0 spiro atoms. The van der Waals surface area contributed by atoms with Gasteiger partial charge >= 0.3 is 0 Å².